The van der Waals surface area contributed by atoms with Crippen molar-refractivity contribution in [1.82, 2.24) is 14.7 Å². The van der Waals surface area contributed by atoms with Crippen LogP contribution in [0.4, 0.5) is 0 Å². The molecule has 2 N–H and O–H groups in total. The first kappa shape index (κ1) is 20.6. The van der Waals surface area contributed by atoms with E-state index in [2.05, 4.69) is 6.58 Å². The molecule has 0 amide bonds. The van der Waals surface area contributed by atoms with Crippen LogP contribution in [-0.4, -0.2) is 75.3 Å². The largest absolute Gasteiger partial charge is 0.427 e. The normalized spacial score (nSPS) is 19.4. The topological polar surface area (TPSA) is 92.9 Å². The summed E-state index contributed by atoms with van der Waals surface area (Å²) < 4.78 is 4.83. The molecule has 0 atom stereocenters. The summed E-state index contributed by atoms with van der Waals surface area (Å²) >= 11 is 0. The van der Waals surface area contributed by atoms with Crippen molar-refractivity contribution < 1.29 is 23.9 Å². The Hall–Kier alpha value is -2.67. The minimum atomic E-state index is -2.34. The van der Waals surface area contributed by atoms with E-state index in [0.717, 1.165) is 44.8 Å². The number of ketones is 2. The van der Waals surface area contributed by atoms with Crippen LogP contribution in [0.5, 0.6) is 5.75 Å². The minimum Gasteiger partial charge on any atom is -0.427 e. The zero-order valence-corrected chi connectivity index (χ0v) is 17.4. The van der Waals surface area contributed by atoms with Crippen molar-refractivity contribution in [2.24, 2.45) is 0 Å². The van der Waals surface area contributed by atoms with Gasteiger partial charge in [0.15, 0.2) is 0 Å². The molecule has 8 nitrogen and oxygen atoms in total. The lowest BCUT2D eigenvalue weighted by Gasteiger charge is -2.21. The number of rotatable bonds is 7. The van der Waals surface area contributed by atoms with E-state index in [1.807, 2.05) is 26.8 Å². The standard InChI is InChI=1S/C12H13N3O2.C9H11O3P/c16-9-7-8(13-1-2-13)12(17)11(15-5-6-15)10(9)14-3-4-14;1-2-5-8-6-3-4-7-9(8)12-13(10)11/h7H,1-6H2;2-4,6-7,10-11H,1,5H2. The molecular formula is C21H24N3O5P. The van der Waals surface area contributed by atoms with Gasteiger partial charge in [-0.3, -0.25) is 9.59 Å². The maximum Gasteiger partial charge on any atom is 0.391 e. The van der Waals surface area contributed by atoms with Gasteiger partial charge in [0.2, 0.25) is 11.6 Å². The second-order valence-electron chi connectivity index (χ2n) is 7.33. The van der Waals surface area contributed by atoms with Gasteiger partial charge in [0.1, 0.15) is 17.1 Å². The summed E-state index contributed by atoms with van der Waals surface area (Å²) in [4.78, 5) is 47.8. The highest BCUT2D eigenvalue weighted by molar-refractivity contribution is 7.39. The van der Waals surface area contributed by atoms with Crippen LogP contribution in [0.25, 0.3) is 0 Å². The molecule has 0 radical (unpaired) electrons. The Labute approximate surface area is 176 Å². The van der Waals surface area contributed by atoms with E-state index in [0.29, 0.717) is 29.3 Å². The van der Waals surface area contributed by atoms with Crippen molar-refractivity contribution in [2.45, 2.75) is 6.42 Å². The van der Waals surface area contributed by atoms with Crippen LogP contribution < -0.4 is 4.52 Å². The summed E-state index contributed by atoms with van der Waals surface area (Å²) in [6, 6.07) is 7.19. The Bertz CT molecular complexity index is 930. The average Bonchev–Trinajstić information content (AvgIpc) is 3.56. The molecule has 5 rings (SSSR count). The maximum atomic E-state index is 12.4. The maximum absolute atomic E-state index is 12.4. The third-order valence-corrected chi connectivity index (χ3v) is 5.36. The van der Waals surface area contributed by atoms with Crippen LogP contribution in [0.2, 0.25) is 0 Å². The fourth-order valence-electron chi connectivity index (χ4n) is 3.28. The third-order valence-electron chi connectivity index (χ3n) is 5.00. The van der Waals surface area contributed by atoms with Crippen LogP contribution in [0.1, 0.15) is 5.56 Å². The molecule has 3 fully saturated rings. The highest BCUT2D eigenvalue weighted by atomic mass is 31.2. The molecule has 0 saturated carbocycles. The van der Waals surface area contributed by atoms with Crippen LogP contribution in [-0.2, 0) is 16.0 Å². The first-order valence-corrected chi connectivity index (χ1v) is 11.0. The molecule has 3 heterocycles. The first-order valence-electron chi connectivity index (χ1n) is 9.84. The quantitative estimate of drug-likeness (QED) is 0.289. The van der Waals surface area contributed by atoms with Crippen LogP contribution in [0, 0.1) is 0 Å². The number of benzene rings is 1. The molecule has 0 bridgehead atoms. The Morgan fingerprint density at radius 3 is 2.13 bits per heavy atom. The molecule has 0 spiro atoms. The van der Waals surface area contributed by atoms with Gasteiger partial charge < -0.3 is 29.0 Å². The van der Waals surface area contributed by atoms with Gasteiger partial charge in [-0.15, -0.1) is 6.58 Å². The number of carbonyl (C=O) groups excluding carboxylic acids is 2. The van der Waals surface area contributed by atoms with E-state index < -0.39 is 8.60 Å². The zero-order chi connectivity index (χ0) is 21.3. The monoisotopic (exact) mass is 429 g/mol. The smallest absolute Gasteiger partial charge is 0.391 e. The Morgan fingerprint density at radius 1 is 0.967 bits per heavy atom. The molecule has 1 aromatic rings. The number of carbonyl (C=O) groups is 2. The van der Waals surface area contributed by atoms with Crippen molar-refractivity contribution in [2.75, 3.05) is 39.3 Å². The van der Waals surface area contributed by atoms with Crippen LogP contribution in [0.3, 0.4) is 0 Å². The first-order chi connectivity index (χ1) is 14.5. The summed E-state index contributed by atoms with van der Waals surface area (Å²) in [7, 11) is -2.34. The lowest BCUT2D eigenvalue weighted by Crippen LogP contribution is -2.29. The van der Waals surface area contributed by atoms with E-state index >= 15 is 0 Å². The minimum absolute atomic E-state index is 0.00546. The van der Waals surface area contributed by atoms with E-state index in [1.165, 1.54) is 6.08 Å². The SMILES string of the molecule is C=CCc1ccccc1OP(O)O.O=C1C=C(N2CC2)C(=O)C(N2CC2)=C1N1CC1. The molecule has 1 aromatic carbocycles. The predicted molar refractivity (Wildman–Crippen MR) is 112 cm³/mol. The van der Waals surface area contributed by atoms with Gasteiger partial charge in [0, 0.05) is 45.3 Å². The molecule has 3 aliphatic heterocycles. The van der Waals surface area contributed by atoms with Crippen LogP contribution >= 0.6 is 8.60 Å². The Kier molecular flexibility index (Phi) is 5.90. The fraction of sp³-hybridized carbons (Fsp3) is 0.333. The highest BCUT2D eigenvalue weighted by Crippen LogP contribution is 2.34. The number of hydrogen-bond donors (Lipinski definition) is 2. The van der Waals surface area contributed by atoms with Crippen molar-refractivity contribution in [3.63, 3.8) is 0 Å². The second-order valence-corrected chi connectivity index (χ2v) is 8.01. The summed E-state index contributed by atoms with van der Waals surface area (Å²) in [5.41, 5.74) is 2.78. The Balaban J connectivity index is 0.000000152. The summed E-state index contributed by atoms with van der Waals surface area (Å²) in [5, 5.41) is 0. The second kappa shape index (κ2) is 8.60. The van der Waals surface area contributed by atoms with Gasteiger partial charge >= 0.3 is 8.60 Å². The lowest BCUT2D eigenvalue weighted by molar-refractivity contribution is -0.117. The number of nitrogens with zero attached hydrogens (tertiary/aromatic N) is 3. The van der Waals surface area contributed by atoms with Gasteiger partial charge in [-0.1, -0.05) is 24.3 Å². The molecule has 30 heavy (non-hydrogen) atoms. The van der Waals surface area contributed by atoms with E-state index in [9.17, 15) is 9.59 Å². The van der Waals surface area contributed by atoms with Gasteiger partial charge in [0.05, 0.1) is 5.70 Å². The molecule has 1 aliphatic carbocycles. The third kappa shape index (κ3) is 4.73. The van der Waals surface area contributed by atoms with Gasteiger partial charge in [0.25, 0.3) is 0 Å². The lowest BCUT2D eigenvalue weighted by atomic mass is 10.0. The number of Topliss-reactive ketones (excluding diaryl/α,β-unsaturated/α-hetero) is 1. The van der Waals surface area contributed by atoms with Crippen molar-refractivity contribution >= 4 is 20.2 Å². The average molecular weight is 429 g/mol. The molecule has 0 unspecified atom stereocenters. The molecule has 158 valence electrons. The van der Waals surface area contributed by atoms with Crippen molar-refractivity contribution in [3.05, 3.63) is 65.7 Å². The number of hydrogen-bond acceptors (Lipinski definition) is 8. The molecule has 9 heteroatoms. The summed E-state index contributed by atoms with van der Waals surface area (Å²) in [6.07, 6.45) is 3.91. The fourth-order valence-corrected chi connectivity index (χ4v) is 3.63. The molecule has 0 aromatic heterocycles. The zero-order valence-electron chi connectivity index (χ0n) is 16.5. The van der Waals surface area contributed by atoms with Crippen LogP contribution in [0.15, 0.2) is 60.1 Å². The number of para-hydroxylation sites is 1. The van der Waals surface area contributed by atoms with Crippen molar-refractivity contribution in [3.8, 4) is 5.75 Å². The summed E-state index contributed by atoms with van der Waals surface area (Å²) in [6.45, 7) is 9.01. The number of allylic oxidation sites excluding steroid dienone is 2. The van der Waals surface area contributed by atoms with Gasteiger partial charge in [-0.25, -0.2) is 0 Å². The van der Waals surface area contributed by atoms with E-state index in [1.54, 1.807) is 18.2 Å². The van der Waals surface area contributed by atoms with E-state index in [-0.39, 0.29) is 11.6 Å². The van der Waals surface area contributed by atoms with E-state index in [4.69, 9.17) is 14.3 Å². The van der Waals surface area contributed by atoms with Gasteiger partial charge in [-0.05, 0) is 18.1 Å². The predicted octanol–water partition coefficient (Wildman–Crippen LogP) is 1.19. The molecule has 3 saturated heterocycles. The highest BCUT2D eigenvalue weighted by Gasteiger charge is 2.43. The summed E-state index contributed by atoms with van der Waals surface area (Å²) in [5.74, 6) is 0.547. The Morgan fingerprint density at radius 2 is 1.57 bits per heavy atom. The van der Waals surface area contributed by atoms with Gasteiger partial charge in [-0.2, -0.15) is 0 Å². The molecule has 4 aliphatic rings. The van der Waals surface area contributed by atoms with Crippen molar-refractivity contribution in [1.29, 1.82) is 0 Å². The molecular weight excluding hydrogens is 405 g/mol.